The minimum atomic E-state index is -1.23. The van der Waals surface area contributed by atoms with Gasteiger partial charge in [-0.2, -0.15) is 0 Å². The maximum absolute atomic E-state index is 14.1. The monoisotopic (exact) mass is 359 g/mol. The van der Waals surface area contributed by atoms with Gasteiger partial charge in [0.2, 0.25) is 0 Å². The van der Waals surface area contributed by atoms with Crippen LogP contribution in [0.5, 0.6) is 0 Å². The van der Waals surface area contributed by atoms with Crippen LogP contribution in [0.2, 0.25) is 5.02 Å². The fourth-order valence-corrected chi connectivity index (χ4v) is 2.97. The van der Waals surface area contributed by atoms with E-state index in [-0.39, 0.29) is 11.1 Å². The standard InChI is InChI=1S/C15H13BrClF2N/c1-8-3-5-11(14(19)13(8)18)15(2,20)10-6-4-9(16)7-12(10)17/h3-7H,20H2,1-2H3. The topological polar surface area (TPSA) is 26.0 Å². The van der Waals surface area contributed by atoms with Gasteiger partial charge in [0.05, 0.1) is 5.54 Å². The Morgan fingerprint density at radius 2 is 1.70 bits per heavy atom. The van der Waals surface area contributed by atoms with Crippen molar-refractivity contribution in [2.45, 2.75) is 19.4 Å². The molecule has 1 nitrogen and oxygen atoms in total. The van der Waals surface area contributed by atoms with E-state index in [9.17, 15) is 8.78 Å². The summed E-state index contributed by atoms with van der Waals surface area (Å²) in [7, 11) is 0. The molecule has 0 bridgehead atoms. The second-order valence-corrected chi connectivity index (χ2v) is 6.21. The Morgan fingerprint density at radius 1 is 1.10 bits per heavy atom. The molecule has 5 heteroatoms. The van der Waals surface area contributed by atoms with Crippen molar-refractivity contribution in [3.05, 3.63) is 68.2 Å². The Morgan fingerprint density at radius 3 is 2.30 bits per heavy atom. The second-order valence-electron chi connectivity index (χ2n) is 4.88. The SMILES string of the molecule is Cc1ccc(C(C)(N)c2ccc(Br)cc2Cl)c(F)c1F. The molecule has 0 spiro atoms. The molecule has 0 fully saturated rings. The molecule has 0 aliphatic carbocycles. The van der Waals surface area contributed by atoms with Gasteiger partial charge >= 0.3 is 0 Å². The Bertz CT molecular complexity index is 671. The van der Waals surface area contributed by atoms with Gasteiger partial charge in [0, 0.05) is 15.1 Å². The van der Waals surface area contributed by atoms with Crippen LogP contribution >= 0.6 is 27.5 Å². The van der Waals surface area contributed by atoms with Gasteiger partial charge < -0.3 is 5.73 Å². The van der Waals surface area contributed by atoms with Crippen molar-refractivity contribution < 1.29 is 8.78 Å². The first-order chi connectivity index (χ1) is 9.25. The molecule has 20 heavy (non-hydrogen) atoms. The van der Waals surface area contributed by atoms with E-state index in [4.69, 9.17) is 17.3 Å². The lowest BCUT2D eigenvalue weighted by molar-refractivity contribution is 0.464. The summed E-state index contributed by atoms with van der Waals surface area (Å²) in [6, 6.07) is 8.13. The highest BCUT2D eigenvalue weighted by Crippen LogP contribution is 2.35. The molecule has 0 amide bonds. The lowest BCUT2D eigenvalue weighted by Gasteiger charge is -2.28. The van der Waals surface area contributed by atoms with Crippen LogP contribution < -0.4 is 5.73 Å². The van der Waals surface area contributed by atoms with Crippen molar-refractivity contribution in [2.75, 3.05) is 0 Å². The molecule has 2 rings (SSSR count). The number of rotatable bonds is 2. The molecule has 106 valence electrons. The summed E-state index contributed by atoms with van der Waals surface area (Å²) >= 11 is 9.46. The van der Waals surface area contributed by atoms with Crippen LogP contribution in [0.3, 0.4) is 0 Å². The maximum atomic E-state index is 14.1. The van der Waals surface area contributed by atoms with E-state index in [1.165, 1.54) is 19.1 Å². The molecular weight excluding hydrogens is 348 g/mol. The van der Waals surface area contributed by atoms with Crippen LogP contribution in [-0.2, 0) is 5.54 Å². The number of hydrogen-bond acceptors (Lipinski definition) is 1. The van der Waals surface area contributed by atoms with Crippen molar-refractivity contribution in [1.29, 1.82) is 0 Å². The summed E-state index contributed by atoms with van der Waals surface area (Å²) in [6.07, 6.45) is 0. The molecule has 0 radical (unpaired) electrons. The zero-order valence-electron chi connectivity index (χ0n) is 11.0. The van der Waals surface area contributed by atoms with Crippen LogP contribution in [0.4, 0.5) is 8.78 Å². The third-order valence-corrected chi connectivity index (χ3v) is 4.13. The molecular formula is C15H13BrClF2N. The summed E-state index contributed by atoms with van der Waals surface area (Å²) in [5.74, 6) is -1.82. The summed E-state index contributed by atoms with van der Waals surface area (Å²) in [6.45, 7) is 3.11. The lowest BCUT2D eigenvalue weighted by Crippen LogP contribution is -2.36. The van der Waals surface area contributed by atoms with Gasteiger partial charge in [-0.15, -0.1) is 0 Å². The Hall–Kier alpha value is -0.970. The molecule has 0 aliphatic rings. The highest BCUT2D eigenvalue weighted by Gasteiger charge is 2.30. The first-order valence-electron chi connectivity index (χ1n) is 5.94. The minimum Gasteiger partial charge on any atom is -0.318 e. The average molecular weight is 361 g/mol. The van der Waals surface area contributed by atoms with Gasteiger partial charge in [0.15, 0.2) is 11.6 Å². The Labute approximate surface area is 129 Å². The van der Waals surface area contributed by atoms with Gasteiger partial charge in [-0.05, 0) is 37.1 Å². The number of halogens is 4. The Balaban J connectivity index is 2.63. The molecule has 0 aromatic heterocycles. The van der Waals surface area contributed by atoms with Gasteiger partial charge in [-0.3, -0.25) is 0 Å². The summed E-state index contributed by atoms with van der Waals surface area (Å²) < 4.78 is 28.7. The molecule has 2 aromatic carbocycles. The smallest absolute Gasteiger partial charge is 0.164 e. The van der Waals surface area contributed by atoms with Crippen LogP contribution in [0.25, 0.3) is 0 Å². The van der Waals surface area contributed by atoms with Gasteiger partial charge in [-0.25, -0.2) is 8.78 Å². The van der Waals surface area contributed by atoms with E-state index in [2.05, 4.69) is 15.9 Å². The number of nitrogens with two attached hydrogens (primary N) is 1. The van der Waals surface area contributed by atoms with Crippen molar-refractivity contribution in [1.82, 2.24) is 0 Å². The van der Waals surface area contributed by atoms with Gasteiger partial charge in [0.1, 0.15) is 0 Å². The molecule has 2 N–H and O–H groups in total. The van der Waals surface area contributed by atoms with Crippen LogP contribution in [0, 0.1) is 18.6 Å². The zero-order valence-corrected chi connectivity index (χ0v) is 13.3. The van der Waals surface area contributed by atoms with Crippen LogP contribution in [0.15, 0.2) is 34.8 Å². The molecule has 0 saturated carbocycles. The van der Waals surface area contributed by atoms with Crippen LogP contribution in [0.1, 0.15) is 23.6 Å². The second kappa shape index (κ2) is 5.43. The third-order valence-electron chi connectivity index (χ3n) is 3.33. The van der Waals surface area contributed by atoms with E-state index in [1.54, 1.807) is 25.1 Å². The van der Waals surface area contributed by atoms with Gasteiger partial charge in [-0.1, -0.05) is 45.7 Å². The minimum absolute atomic E-state index is 0.0739. The predicted octanol–water partition coefficient (Wildman–Crippen LogP) is 4.91. The number of benzene rings is 2. The normalized spacial score (nSPS) is 14.2. The number of aryl methyl sites for hydroxylation is 1. The molecule has 0 heterocycles. The van der Waals surface area contributed by atoms with Crippen molar-refractivity contribution in [2.24, 2.45) is 5.73 Å². The van der Waals surface area contributed by atoms with Crippen LogP contribution in [-0.4, -0.2) is 0 Å². The fourth-order valence-electron chi connectivity index (χ4n) is 2.10. The Kier molecular flexibility index (Phi) is 4.19. The van der Waals surface area contributed by atoms with Gasteiger partial charge in [0.25, 0.3) is 0 Å². The van der Waals surface area contributed by atoms with E-state index < -0.39 is 17.2 Å². The first-order valence-corrected chi connectivity index (χ1v) is 7.11. The molecule has 0 saturated heterocycles. The summed E-state index contributed by atoms with van der Waals surface area (Å²) in [4.78, 5) is 0. The molecule has 2 aromatic rings. The quantitative estimate of drug-likeness (QED) is 0.809. The summed E-state index contributed by atoms with van der Waals surface area (Å²) in [5.41, 5.74) is 5.84. The van der Waals surface area contributed by atoms with Crippen molar-refractivity contribution in [3.63, 3.8) is 0 Å². The van der Waals surface area contributed by atoms with Crippen molar-refractivity contribution >= 4 is 27.5 Å². The number of hydrogen-bond donors (Lipinski definition) is 1. The largest absolute Gasteiger partial charge is 0.318 e. The lowest BCUT2D eigenvalue weighted by atomic mass is 9.84. The third kappa shape index (κ3) is 2.60. The van der Waals surface area contributed by atoms with E-state index >= 15 is 0 Å². The molecule has 1 unspecified atom stereocenters. The maximum Gasteiger partial charge on any atom is 0.164 e. The van der Waals surface area contributed by atoms with E-state index in [0.717, 1.165) is 4.47 Å². The van der Waals surface area contributed by atoms with E-state index in [1.807, 2.05) is 0 Å². The van der Waals surface area contributed by atoms with E-state index in [0.29, 0.717) is 10.6 Å². The average Bonchev–Trinajstić information content (AvgIpc) is 2.35. The highest BCUT2D eigenvalue weighted by molar-refractivity contribution is 9.10. The molecule has 0 aliphatic heterocycles. The van der Waals surface area contributed by atoms with Crippen molar-refractivity contribution in [3.8, 4) is 0 Å². The predicted molar refractivity (Wildman–Crippen MR) is 80.9 cm³/mol. The summed E-state index contributed by atoms with van der Waals surface area (Å²) in [5, 5.41) is 0.393. The zero-order chi connectivity index (χ0) is 15.1. The fraction of sp³-hybridized carbons (Fsp3) is 0.200. The first kappa shape index (κ1) is 15.4. The highest BCUT2D eigenvalue weighted by atomic mass is 79.9. The molecule has 1 atom stereocenters.